The molecular formula is C27H26N2O3S. The summed E-state index contributed by atoms with van der Waals surface area (Å²) in [5.41, 5.74) is 3.58. The number of piperazine rings is 1. The van der Waals surface area contributed by atoms with Gasteiger partial charge in [-0.3, -0.25) is 4.79 Å². The average Bonchev–Trinajstić information content (AvgIpc) is 3.27. The Bertz CT molecular complexity index is 1270. The number of anilines is 1. The first-order valence-electron chi connectivity index (χ1n) is 11.0. The van der Waals surface area contributed by atoms with Gasteiger partial charge in [-0.1, -0.05) is 0 Å². The van der Waals surface area contributed by atoms with Gasteiger partial charge in [0.1, 0.15) is 11.5 Å². The Morgan fingerprint density at radius 1 is 0.879 bits per heavy atom. The highest BCUT2D eigenvalue weighted by Crippen LogP contribution is 2.41. The van der Waals surface area contributed by atoms with Crippen molar-refractivity contribution in [2.75, 3.05) is 45.3 Å². The van der Waals surface area contributed by atoms with E-state index < -0.39 is 0 Å². The van der Waals surface area contributed by atoms with Gasteiger partial charge in [-0.05, 0) is 72.3 Å². The lowest BCUT2D eigenvalue weighted by atomic mass is 9.97. The van der Waals surface area contributed by atoms with Crippen LogP contribution in [-0.4, -0.2) is 46.2 Å². The highest BCUT2D eigenvalue weighted by Gasteiger charge is 2.22. The van der Waals surface area contributed by atoms with E-state index in [4.69, 9.17) is 9.47 Å². The number of nitrogens with one attached hydrogen (secondary N) is 1. The third kappa shape index (κ3) is 4.19. The molecule has 0 bridgehead atoms. The summed E-state index contributed by atoms with van der Waals surface area (Å²) in [7, 11) is 3.31. The summed E-state index contributed by atoms with van der Waals surface area (Å²) in [5.74, 6) is 1.60. The number of carbonyl (C=O) groups excluding carboxylic acids is 1. The highest BCUT2D eigenvalue weighted by atomic mass is 32.1. The summed E-state index contributed by atoms with van der Waals surface area (Å²) in [5, 5.41) is 4.32. The molecule has 33 heavy (non-hydrogen) atoms. The molecule has 5 rings (SSSR count). The van der Waals surface area contributed by atoms with Gasteiger partial charge in [-0.2, -0.15) is 0 Å². The van der Waals surface area contributed by atoms with Gasteiger partial charge in [0.05, 0.1) is 14.2 Å². The normalized spacial score (nSPS) is 13.8. The zero-order valence-corrected chi connectivity index (χ0v) is 19.6. The van der Waals surface area contributed by atoms with Crippen molar-refractivity contribution in [3.63, 3.8) is 0 Å². The fourth-order valence-corrected chi connectivity index (χ4v) is 5.50. The SMILES string of the molecule is COc1ccc(-c2sc3cc(OC)ccc3c2C(=O)c2ccc(N3CCNCC3)cc2)cc1. The van der Waals surface area contributed by atoms with Gasteiger partial charge in [-0.15, -0.1) is 11.3 Å². The minimum Gasteiger partial charge on any atom is -0.497 e. The third-order valence-electron chi connectivity index (χ3n) is 6.09. The van der Waals surface area contributed by atoms with Crippen molar-refractivity contribution in [1.82, 2.24) is 5.32 Å². The van der Waals surface area contributed by atoms with Crippen molar-refractivity contribution in [3.05, 3.63) is 77.9 Å². The second kappa shape index (κ2) is 9.25. The largest absolute Gasteiger partial charge is 0.497 e. The van der Waals surface area contributed by atoms with E-state index in [9.17, 15) is 4.79 Å². The Hall–Kier alpha value is -3.35. The third-order valence-corrected chi connectivity index (χ3v) is 7.29. The number of ketones is 1. The molecule has 1 fully saturated rings. The maximum absolute atomic E-state index is 13.8. The number of fused-ring (bicyclic) bond motifs is 1. The number of carbonyl (C=O) groups is 1. The molecule has 168 valence electrons. The van der Waals surface area contributed by atoms with Crippen molar-refractivity contribution in [1.29, 1.82) is 0 Å². The Balaban J connectivity index is 1.57. The Labute approximate surface area is 197 Å². The fourth-order valence-electron chi connectivity index (χ4n) is 4.27. The molecule has 1 aliphatic heterocycles. The first kappa shape index (κ1) is 21.5. The second-order valence-electron chi connectivity index (χ2n) is 8.01. The van der Waals surface area contributed by atoms with Gasteiger partial charge in [-0.25, -0.2) is 0 Å². The topological polar surface area (TPSA) is 50.8 Å². The van der Waals surface area contributed by atoms with Crippen LogP contribution < -0.4 is 19.7 Å². The van der Waals surface area contributed by atoms with E-state index >= 15 is 0 Å². The molecule has 4 aromatic rings. The van der Waals surface area contributed by atoms with Crippen LogP contribution in [0.5, 0.6) is 11.5 Å². The Kier molecular flexibility index (Phi) is 6.03. The molecule has 0 unspecified atom stereocenters. The van der Waals surface area contributed by atoms with E-state index in [0.717, 1.165) is 69.5 Å². The predicted molar refractivity (Wildman–Crippen MR) is 135 cm³/mol. The predicted octanol–water partition coefficient (Wildman–Crippen LogP) is 5.23. The van der Waals surface area contributed by atoms with Gasteiger partial charge >= 0.3 is 0 Å². The minimum atomic E-state index is 0.0316. The number of hydrogen-bond acceptors (Lipinski definition) is 6. The monoisotopic (exact) mass is 458 g/mol. The fraction of sp³-hybridized carbons (Fsp3) is 0.222. The number of ether oxygens (including phenoxy) is 2. The van der Waals surface area contributed by atoms with Crippen molar-refractivity contribution < 1.29 is 14.3 Å². The van der Waals surface area contributed by atoms with Crippen molar-refractivity contribution in [2.45, 2.75) is 0 Å². The molecule has 3 aromatic carbocycles. The molecule has 0 radical (unpaired) electrons. The molecule has 0 atom stereocenters. The van der Waals surface area contributed by atoms with Crippen LogP contribution in [0, 0.1) is 0 Å². The number of benzene rings is 3. The lowest BCUT2D eigenvalue weighted by Crippen LogP contribution is -2.43. The molecule has 0 amide bonds. The molecule has 0 spiro atoms. The summed E-state index contributed by atoms with van der Waals surface area (Å²) in [6, 6.07) is 21.8. The highest BCUT2D eigenvalue weighted by molar-refractivity contribution is 7.22. The molecule has 1 N–H and O–H groups in total. The molecule has 1 aliphatic rings. The maximum atomic E-state index is 13.8. The van der Waals surface area contributed by atoms with E-state index in [2.05, 4.69) is 22.3 Å². The summed E-state index contributed by atoms with van der Waals surface area (Å²) in [6.45, 7) is 3.92. The van der Waals surface area contributed by atoms with E-state index in [1.165, 1.54) is 0 Å². The number of nitrogens with zero attached hydrogens (tertiary/aromatic N) is 1. The van der Waals surface area contributed by atoms with Crippen LogP contribution >= 0.6 is 11.3 Å². The summed E-state index contributed by atoms with van der Waals surface area (Å²) in [4.78, 5) is 17.1. The van der Waals surface area contributed by atoms with Crippen LogP contribution in [0.15, 0.2) is 66.7 Å². The Morgan fingerprint density at radius 2 is 1.55 bits per heavy atom. The molecule has 2 heterocycles. The molecule has 6 heteroatoms. The second-order valence-corrected chi connectivity index (χ2v) is 9.06. The number of rotatable bonds is 6. The Morgan fingerprint density at radius 3 is 2.21 bits per heavy atom. The number of hydrogen-bond donors (Lipinski definition) is 1. The smallest absolute Gasteiger partial charge is 0.195 e. The van der Waals surface area contributed by atoms with Crippen LogP contribution in [0.4, 0.5) is 5.69 Å². The molecule has 1 aromatic heterocycles. The lowest BCUT2D eigenvalue weighted by Gasteiger charge is -2.29. The molecule has 1 saturated heterocycles. The van der Waals surface area contributed by atoms with E-state index in [1.54, 1.807) is 25.6 Å². The van der Waals surface area contributed by atoms with Crippen LogP contribution in [0.25, 0.3) is 20.5 Å². The van der Waals surface area contributed by atoms with Gasteiger partial charge in [0, 0.05) is 58.0 Å². The van der Waals surface area contributed by atoms with Crippen molar-refractivity contribution in [2.24, 2.45) is 0 Å². The van der Waals surface area contributed by atoms with Gasteiger partial charge < -0.3 is 19.7 Å². The minimum absolute atomic E-state index is 0.0316. The van der Waals surface area contributed by atoms with E-state index in [1.807, 2.05) is 54.6 Å². The van der Waals surface area contributed by atoms with Crippen molar-refractivity contribution >= 4 is 32.9 Å². The molecular weight excluding hydrogens is 432 g/mol. The zero-order valence-electron chi connectivity index (χ0n) is 18.8. The molecule has 5 nitrogen and oxygen atoms in total. The number of thiophene rings is 1. The van der Waals surface area contributed by atoms with Gasteiger partial charge in [0.15, 0.2) is 5.78 Å². The lowest BCUT2D eigenvalue weighted by molar-refractivity contribution is 0.104. The van der Waals surface area contributed by atoms with Crippen molar-refractivity contribution in [3.8, 4) is 21.9 Å². The summed E-state index contributed by atoms with van der Waals surface area (Å²) < 4.78 is 11.8. The summed E-state index contributed by atoms with van der Waals surface area (Å²) >= 11 is 1.61. The van der Waals surface area contributed by atoms with Gasteiger partial charge in [0.2, 0.25) is 0 Å². The quantitative estimate of drug-likeness (QED) is 0.401. The van der Waals surface area contributed by atoms with Crippen LogP contribution in [0.2, 0.25) is 0 Å². The average molecular weight is 459 g/mol. The van der Waals surface area contributed by atoms with Gasteiger partial charge in [0.25, 0.3) is 0 Å². The van der Waals surface area contributed by atoms with Crippen LogP contribution in [0.3, 0.4) is 0 Å². The van der Waals surface area contributed by atoms with Crippen LogP contribution in [-0.2, 0) is 0 Å². The number of methoxy groups -OCH3 is 2. The standard InChI is InChI=1S/C27H26N2O3S/c1-31-21-9-5-19(6-10-21)27-25(23-12-11-22(32-2)17-24(23)33-27)26(30)18-3-7-20(8-4-18)29-15-13-28-14-16-29/h3-12,17,28H,13-16H2,1-2H3. The van der Waals surface area contributed by atoms with Crippen LogP contribution in [0.1, 0.15) is 15.9 Å². The van der Waals surface area contributed by atoms with E-state index in [0.29, 0.717) is 5.56 Å². The molecule has 0 saturated carbocycles. The first-order valence-corrected chi connectivity index (χ1v) is 11.8. The molecule has 0 aliphatic carbocycles. The van der Waals surface area contributed by atoms with E-state index in [-0.39, 0.29) is 5.78 Å². The zero-order chi connectivity index (χ0) is 22.8. The maximum Gasteiger partial charge on any atom is 0.195 e. The first-order chi connectivity index (χ1) is 16.2. The summed E-state index contributed by atoms with van der Waals surface area (Å²) in [6.07, 6.45) is 0.